The van der Waals surface area contributed by atoms with E-state index in [1.54, 1.807) is 31.4 Å². The minimum Gasteiger partial charge on any atom is -0.496 e. The van der Waals surface area contributed by atoms with Crippen molar-refractivity contribution in [2.75, 3.05) is 13.7 Å². The SMILES string of the molecule is COc1ccccc1C=NNC(=O)COc1cccc(Cl)c1Cl. The van der Waals surface area contributed by atoms with Gasteiger partial charge in [-0.25, -0.2) is 5.43 Å². The standard InChI is InChI=1S/C16H14Cl2N2O3/c1-22-13-7-3-2-5-11(13)9-19-20-15(21)10-23-14-8-4-6-12(17)16(14)18/h2-9H,10H2,1H3,(H,20,21). The van der Waals surface area contributed by atoms with Gasteiger partial charge in [0, 0.05) is 5.56 Å². The van der Waals surface area contributed by atoms with E-state index in [0.717, 1.165) is 5.56 Å². The Morgan fingerprint density at radius 3 is 2.70 bits per heavy atom. The molecule has 0 aliphatic heterocycles. The largest absolute Gasteiger partial charge is 0.496 e. The summed E-state index contributed by atoms with van der Waals surface area (Å²) in [7, 11) is 1.56. The predicted octanol–water partition coefficient (Wildman–Crippen LogP) is 3.53. The van der Waals surface area contributed by atoms with Crippen LogP contribution in [0.15, 0.2) is 47.6 Å². The van der Waals surface area contributed by atoms with E-state index in [1.165, 1.54) is 6.21 Å². The smallest absolute Gasteiger partial charge is 0.277 e. The zero-order chi connectivity index (χ0) is 16.7. The van der Waals surface area contributed by atoms with Crippen molar-refractivity contribution in [1.29, 1.82) is 0 Å². The van der Waals surface area contributed by atoms with Gasteiger partial charge in [0.15, 0.2) is 6.61 Å². The van der Waals surface area contributed by atoms with Crippen LogP contribution in [0.3, 0.4) is 0 Å². The molecule has 2 aromatic carbocycles. The summed E-state index contributed by atoms with van der Waals surface area (Å²) in [5.74, 6) is 0.572. The highest BCUT2D eigenvalue weighted by molar-refractivity contribution is 6.42. The average molecular weight is 353 g/mol. The molecule has 0 unspecified atom stereocenters. The minimum atomic E-state index is -0.424. The predicted molar refractivity (Wildman–Crippen MR) is 90.7 cm³/mol. The highest BCUT2D eigenvalue weighted by atomic mass is 35.5. The van der Waals surface area contributed by atoms with Crippen LogP contribution in [-0.4, -0.2) is 25.8 Å². The number of hydrazone groups is 1. The number of halogens is 2. The van der Waals surface area contributed by atoms with Crippen molar-refractivity contribution in [3.8, 4) is 11.5 Å². The molecule has 1 N–H and O–H groups in total. The van der Waals surface area contributed by atoms with Gasteiger partial charge in [0.05, 0.1) is 18.3 Å². The molecule has 2 aromatic rings. The van der Waals surface area contributed by atoms with E-state index in [0.29, 0.717) is 16.5 Å². The van der Waals surface area contributed by atoms with Gasteiger partial charge in [-0.15, -0.1) is 0 Å². The summed E-state index contributed by atoms with van der Waals surface area (Å²) in [5.41, 5.74) is 3.11. The van der Waals surface area contributed by atoms with Gasteiger partial charge >= 0.3 is 0 Å². The number of para-hydroxylation sites is 1. The maximum Gasteiger partial charge on any atom is 0.277 e. The highest BCUT2D eigenvalue weighted by Crippen LogP contribution is 2.31. The van der Waals surface area contributed by atoms with E-state index in [4.69, 9.17) is 32.7 Å². The number of benzene rings is 2. The molecule has 0 aliphatic carbocycles. The Balaban J connectivity index is 1.88. The number of carbonyl (C=O) groups is 1. The second kappa shape index (κ2) is 8.41. The number of rotatable bonds is 6. The topological polar surface area (TPSA) is 59.9 Å². The van der Waals surface area contributed by atoms with Gasteiger partial charge < -0.3 is 9.47 Å². The molecule has 0 radical (unpaired) electrons. The van der Waals surface area contributed by atoms with Gasteiger partial charge in [0.1, 0.15) is 16.5 Å². The summed E-state index contributed by atoms with van der Waals surface area (Å²) >= 11 is 11.8. The van der Waals surface area contributed by atoms with Crippen molar-refractivity contribution in [2.45, 2.75) is 0 Å². The van der Waals surface area contributed by atoms with E-state index in [-0.39, 0.29) is 11.6 Å². The number of hydrogen-bond donors (Lipinski definition) is 1. The van der Waals surface area contributed by atoms with Crippen LogP contribution in [0.4, 0.5) is 0 Å². The molecule has 0 heterocycles. The van der Waals surface area contributed by atoms with Crippen molar-refractivity contribution in [3.05, 3.63) is 58.1 Å². The molecule has 0 saturated carbocycles. The van der Waals surface area contributed by atoms with Crippen LogP contribution in [0.25, 0.3) is 0 Å². The van der Waals surface area contributed by atoms with Gasteiger partial charge in [0.2, 0.25) is 0 Å². The third-order valence-corrected chi connectivity index (χ3v) is 3.61. The van der Waals surface area contributed by atoms with Crippen molar-refractivity contribution in [3.63, 3.8) is 0 Å². The highest BCUT2D eigenvalue weighted by Gasteiger charge is 2.07. The first-order valence-electron chi connectivity index (χ1n) is 6.63. The van der Waals surface area contributed by atoms with E-state index >= 15 is 0 Å². The lowest BCUT2D eigenvalue weighted by molar-refractivity contribution is -0.123. The molecule has 2 rings (SSSR count). The van der Waals surface area contributed by atoms with Crippen molar-refractivity contribution in [2.24, 2.45) is 5.10 Å². The number of carbonyl (C=O) groups excluding carboxylic acids is 1. The summed E-state index contributed by atoms with van der Waals surface area (Å²) in [5, 5.41) is 4.48. The van der Waals surface area contributed by atoms with Crippen molar-refractivity contribution in [1.82, 2.24) is 5.43 Å². The van der Waals surface area contributed by atoms with Crippen LogP contribution in [0.2, 0.25) is 10.0 Å². The molecule has 0 bridgehead atoms. The van der Waals surface area contributed by atoms with E-state index < -0.39 is 5.91 Å². The van der Waals surface area contributed by atoms with Crippen LogP contribution in [-0.2, 0) is 4.79 Å². The summed E-state index contributed by atoms with van der Waals surface area (Å²) in [4.78, 5) is 11.7. The molecule has 120 valence electrons. The van der Waals surface area contributed by atoms with Crippen molar-refractivity contribution >= 4 is 35.3 Å². The summed E-state index contributed by atoms with van der Waals surface area (Å²) < 4.78 is 10.5. The molecular formula is C16H14Cl2N2O3. The summed E-state index contributed by atoms with van der Waals surface area (Å²) in [6.07, 6.45) is 1.49. The number of amides is 1. The van der Waals surface area contributed by atoms with Gasteiger partial charge in [-0.1, -0.05) is 41.4 Å². The lowest BCUT2D eigenvalue weighted by Gasteiger charge is -2.07. The quantitative estimate of drug-likeness (QED) is 0.638. The van der Waals surface area contributed by atoms with Gasteiger partial charge in [-0.2, -0.15) is 5.10 Å². The lowest BCUT2D eigenvalue weighted by atomic mass is 10.2. The van der Waals surface area contributed by atoms with E-state index in [2.05, 4.69) is 10.5 Å². The van der Waals surface area contributed by atoms with Gasteiger partial charge in [-0.05, 0) is 24.3 Å². The molecule has 0 atom stereocenters. The fraction of sp³-hybridized carbons (Fsp3) is 0.125. The third kappa shape index (κ3) is 4.87. The van der Waals surface area contributed by atoms with E-state index in [1.807, 2.05) is 18.2 Å². The van der Waals surface area contributed by atoms with Crippen LogP contribution in [0.1, 0.15) is 5.56 Å². The first-order valence-corrected chi connectivity index (χ1v) is 7.39. The molecule has 1 amide bonds. The molecule has 7 heteroatoms. The van der Waals surface area contributed by atoms with Gasteiger partial charge in [0.25, 0.3) is 5.91 Å². The third-order valence-electron chi connectivity index (χ3n) is 2.81. The first kappa shape index (κ1) is 17.1. The monoisotopic (exact) mass is 352 g/mol. The Labute approximate surface area is 143 Å². The number of hydrogen-bond acceptors (Lipinski definition) is 4. The zero-order valence-electron chi connectivity index (χ0n) is 12.3. The molecule has 0 aliphatic rings. The summed E-state index contributed by atoms with van der Waals surface area (Å²) in [6.45, 7) is -0.233. The normalized spacial score (nSPS) is 10.6. The Bertz CT molecular complexity index is 720. The lowest BCUT2D eigenvalue weighted by Crippen LogP contribution is -2.24. The minimum absolute atomic E-state index is 0.233. The van der Waals surface area contributed by atoms with Crippen molar-refractivity contribution < 1.29 is 14.3 Å². The maximum absolute atomic E-state index is 11.7. The van der Waals surface area contributed by atoms with Crippen LogP contribution >= 0.6 is 23.2 Å². The zero-order valence-corrected chi connectivity index (χ0v) is 13.8. The second-order valence-electron chi connectivity index (χ2n) is 4.38. The molecule has 0 spiro atoms. The van der Waals surface area contributed by atoms with Crippen LogP contribution < -0.4 is 14.9 Å². The van der Waals surface area contributed by atoms with Crippen LogP contribution in [0.5, 0.6) is 11.5 Å². The van der Waals surface area contributed by atoms with Gasteiger partial charge in [-0.3, -0.25) is 4.79 Å². The summed E-state index contributed by atoms with van der Waals surface area (Å²) in [6, 6.07) is 12.2. The molecule has 0 saturated heterocycles. The maximum atomic E-state index is 11.7. The number of ether oxygens (including phenoxy) is 2. The molecule has 0 fully saturated rings. The molecular weight excluding hydrogens is 339 g/mol. The number of nitrogens with one attached hydrogen (secondary N) is 1. The fourth-order valence-corrected chi connectivity index (χ4v) is 2.06. The molecule has 5 nitrogen and oxygen atoms in total. The Morgan fingerprint density at radius 2 is 1.91 bits per heavy atom. The Morgan fingerprint density at radius 1 is 1.17 bits per heavy atom. The number of methoxy groups -OCH3 is 1. The van der Waals surface area contributed by atoms with E-state index in [9.17, 15) is 4.79 Å². The Kier molecular flexibility index (Phi) is 6.26. The van der Waals surface area contributed by atoms with Crippen LogP contribution in [0, 0.1) is 0 Å². The molecule has 23 heavy (non-hydrogen) atoms. The second-order valence-corrected chi connectivity index (χ2v) is 5.16. The Hall–Kier alpha value is -2.24. The average Bonchev–Trinajstić information content (AvgIpc) is 2.56. The number of nitrogens with zero attached hydrogens (tertiary/aromatic N) is 1. The first-order chi connectivity index (χ1) is 11.1. The molecule has 0 aromatic heterocycles. The fourth-order valence-electron chi connectivity index (χ4n) is 1.72.